The molecule has 0 aliphatic carbocycles. The fraction of sp³-hybridized carbons (Fsp3) is 0.222. The molecule has 3 rings (SSSR count). The molecule has 7 nitrogen and oxygen atoms in total. The third-order valence-electron chi connectivity index (χ3n) is 4.11. The lowest BCUT2D eigenvalue weighted by atomic mass is 10.2. The van der Waals surface area contributed by atoms with E-state index in [2.05, 4.69) is 0 Å². The summed E-state index contributed by atoms with van der Waals surface area (Å²) in [6, 6.07) is 13.0. The van der Waals surface area contributed by atoms with Crippen molar-refractivity contribution in [3.63, 3.8) is 0 Å². The van der Waals surface area contributed by atoms with Gasteiger partial charge in [-0.25, -0.2) is 4.79 Å². The molecule has 2 aromatic carbocycles. The first-order chi connectivity index (χ1) is 12.0. The van der Waals surface area contributed by atoms with Gasteiger partial charge in [0.25, 0.3) is 11.6 Å². The second kappa shape index (κ2) is 6.72. The molecule has 0 bridgehead atoms. The van der Waals surface area contributed by atoms with Gasteiger partial charge in [0.2, 0.25) is 0 Å². The SMILES string of the molecule is C[C@@H](OC(=O)c1ccccc1[N+](=O)[O-])C(=O)N1CCc2ccccc21. The lowest BCUT2D eigenvalue weighted by Gasteiger charge is -2.21. The van der Waals surface area contributed by atoms with Crippen molar-refractivity contribution < 1.29 is 19.2 Å². The van der Waals surface area contributed by atoms with Gasteiger partial charge in [-0.2, -0.15) is 0 Å². The first kappa shape index (κ1) is 16.6. The van der Waals surface area contributed by atoms with E-state index in [0.29, 0.717) is 6.54 Å². The second-order valence-electron chi connectivity index (χ2n) is 5.69. The summed E-state index contributed by atoms with van der Waals surface area (Å²) in [7, 11) is 0. The van der Waals surface area contributed by atoms with E-state index in [0.717, 1.165) is 17.7 Å². The maximum atomic E-state index is 12.6. The summed E-state index contributed by atoms with van der Waals surface area (Å²) >= 11 is 0. The van der Waals surface area contributed by atoms with Crippen molar-refractivity contribution in [3.8, 4) is 0 Å². The third kappa shape index (κ3) is 3.21. The Balaban J connectivity index is 1.75. The highest BCUT2D eigenvalue weighted by molar-refractivity contribution is 6.01. The summed E-state index contributed by atoms with van der Waals surface area (Å²) < 4.78 is 5.18. The number of nitro benzene ring substituents is 1. The number of para-hydroxylation sites is 2. The molecule has 0 fully saturated rings. The largest absolute Gasteiger partial charge is 0.449 e. The molecule has 0 unspecified atom stereocenters. The average Bonchev–Trinajstić information content (AvgIpc) is 3.05. The Labute approximate surface area is 144 Å². The van der Waals surface area contributed by atoms with E-state index in [1.54, 1.807) is 4.90 Å². The van der Waals surface area contributed by atoms with Crippen molar-refractivity contribution in [2.45, 2.75) is 19.4 Å². The number of carbonyl (C=O) groups is 2. The van der Waals surface area contributed by atoms with Crippen molar-refractivity contribution in [2.75, 3.05) is 11.4 Å². The number of esters is 1. The minimum absolute atomic E-state index is 0.172. The van der Waals surface area contributed by atoms with Crippen LogP contribution >= 0.6 is 0 Å². The standard InChI is InChI=1S/C18H16N2O5/c1-12(17(21)19-11-10-13-6-2-4-8-15(13)19)25-18(22)14-7-3-5-9-16(14)20(23)24/h2-9,12H,10-11H2,1H3/t12-/m1/s1. The molecule has 1 aliphatic rings. The maximum absolute atomic E-state index is 12.6. The molecule has 0 spiro atoms. The van der Waals surface area contributed by atoms with Crippen molar-refractivity contribution in [3.05, 3.63) is 69.8 Å². The van der Waals surface area contributed by atoms with Gasteiger partial charge in [0.05, 0.1) is 4.92 Å². The van der Waals surface area contributed by atoms with Gasteiger partial charge in [-0.1, -0.05) is 30.3 Å². The van der Waals surface area contributed by atoms with E-state index in [4.69, 9.17) is 4.74 Å². The number of nitro groups is 1. The predicted octanol–water partition coefficient (Wildman–Crippen LogP) is 2.73. The average molecular weight is 340 g/mol. The Morgan fingerprint density at radius 3 is 2.60 bits per heavy atom. The van der Waals surface area contributed by atoms with Crippen molar-refractivity contribution in [1.29, 1.82) is 0 Å². The normalized spacial score (nSPS) is 13.9. The first-order valence-electron chi connectivity index (χ1n) is 7.82. The summed E-state index contributed by atoms with van der Waals surface area (Å²) in [5.41, 5.74) is 1.35. The molecule has 1 atom stereocenters. The second-order valence-corrected chi connectivity index (χ2v) is 5.69. The van der Waals surface area contributed by atoms with Crippen LogP contribution in [0.1, 0.15) is 22.8 Å². The number of benzene rings is 2. The molecule has 0 N–H and O–H groups in total. The molecule has 0 saturated carbocycles. The molecular formula is C18H16N2O5. The number of hydrogen-bond acceptors (Lipinski definition) is 5. The lowest BCUT2D eigenvalue weighted by Crippen LogP contribution is -2.39. The molecule has 1 aliphatic heterocycles. The van der Waals surface area contributed by atoms with Gasteiger partial charge in [0.1, 0.15) is 5.56 Å². The Morgan fingerprint density at radius 1 is 1.16 bits per heavy atom. The van der Waals surface area contributed by atoms with Crippen LogP contribution in [-0.2, 0) is 16.0 Å². The molecule has 1 amide bonds. The van der Waals surface area contributed by atoms with Gasteiger partial charge in [0, 0.05) is 18.3 Å². The number of anilines is 1. The number of rotatable bonds is 4. The fourth-order valence-electron chi connectivity index (χ4n) is 2.87. The Bertz CT molecular complexity index is 849. The van der Waals surface area contributed by atoms with Gasteiger partial charge >= 0.3 is 5.97 Å². The highest BCUT2D eigenvalue weighted by Gasteiger charge is 2.31. The molecule has 0 aromatic heterocycles. The molecule has 7 heteroatoms. The van der Waals surface area contributed by atoms with E-state index in [1.165, 1.54) is 31.2 Å². The minimum atomic E-state index is -1.04. The van der Waals surface area contributed by atoms with Crippen LogP contribution in [0.2, 0.25) is 0 Å². The van der Waals surface area contributed by atoms with Crippen LogP contribution in [0, 0.1) is 10.1 Å². The zero-order chi connectivity index (χ0) is 18.0. The summed E-state index contributed by atoms with van der Waals surface area (Å²) in [5, 5.41) is 11.0. The quantitative estimate of drug-likeness (QED) is 0.485. The number of carbonyl (C=O) groups excluding carboxylic acids is 2. The van der Waals surface area contributed by atoms with Crippen LogP contribution in [-0.4, -0.2) is 29.4 Å². The third-order valence-corrected chi connectivity index (χ3v) is 4.11. The number of ether oxygens (including phenoxy) is 1. The van der Waals surface area contributed by atoms with Gasteiger partial charge in [-0.05, 0) is 31.0 Å². The van der Waals surface area contributed by atoms with E-state index in [-0.39, 0.29) is 17.2 Å². The molecule has 25 heavy (non-hydrogen) atoms. The highest BCUT2D eigenvalue weighted by atomic mass is 16.6. The molecule has 1 heterocycles. The van der Waals surface area contributed by atoms with Gasteiger partial charge in [-0.15, -0.1) is 0 Å². The van der Waals surface area contributed by atoms with Crippen LogP contribution in [0.3, 0.4) is 0 Å². The van der Waals surface area contributed by atoms with Gasteiger partial charge < -0.3 is 9.64 Å². The van der Waals surface area contributed by atoms with E-state index in [9.17, 15) is 19.7 Å². The Morgan fingerprint density at radius 2 is 1.84 bits per heavy atom. The molecule has 128 valence electrons. The van der Waals surface area contributed by atoms with E-state index in [1.807, 2.05) is 24.3 Å². The van der Waals surface area contributed by atoms with Gasteiger partial charge in [-0.3, -0.25) is 14.9 Å². The summed E-state index contributed by atoms with van der Waals surface area (Å²) in [4.78, 5) is 36.8. The van der Waals surface area contributed by atoms with E-state index >= 15 is 0 Å². The maximum Gasteiger partial charge on any atom is 0.345 e. The zero-order valence-corrected chi connectivity index (χ0v) is 13.5. The first-order valence-corrected chi connectivity index (χ1v) is 7.82. The Hall–Kier alpha value is -3.22. The fourth-order valence-corrected chi connectivity index (χ4v) is 2.87. The van der Waals surface area contributed by atoms with Crippen LogP contribution in [0.25, 0.3) is 0 Å². The minimum Gasteiger partial charge on any atom is -0.449 e. The number of amides is 1. The van der Waals surface area contributed by atoms with Crippen LogP contribution in [0.15, 0.2) is 48.5 Å². The number of hydrogen-bond donors (Lipinski definition) is 0. The smallest absolute Gasteiger partial charge is 0.345 e. The Kier molecular flexibility index (Phi) is 4.47. The highest BCUT2D eigenvalue weighted by Crippen LogP contribution is 2.28. The summed E-state index contributed by atoms with van der Waals surface area (Å²) in [6.07, 6.45) is -0.300. The molecular weight excluding hydrogens is 324 g/mol. The lowest BCUT2D eigenvalue weighted by molar-refractivity contribution is -0.385. The van der Waals surface area contributed by atoms with Crippen molar-refractivity contribution in [1.82, 2.24) is 0 Å². The van der Waals surface area contributed by atoms with Crippen molar-refractivity contribution >= 4 is 23.3 Å². The van der Waals surface area contributed by atoms with Crippen molar-refractivity contribution in [2.24, 2.45) is 0 Å². The zero-order valence-electron chi connectivity index (χ0n) is 13.5. The molecule has 0 radical (unpaired) electrons. The number of nitrogens with zero attached hydrogens (tertiary/aromatic N) is 2. The molecule has 2 aromatic rings. The number of fused-ring (bicyclic) bond motifs is 1. The summed E-state index contributed by atoms with van der Waals surface area (Å²) in [6.45, 7) is 1.99. The monoisotopic (exact) mass is 340 g/mol. The summed E-state index contributed by atoms with van der Waals surface area (Å²) in [5.74, 6) is -1.24. The van der Waals surface area contributed by atoms with Gasteiger partial charge in [0.15, 0.2) is 6.10 Å². The predicted molar refractivity (Wildman–Crippen MR) is 90.5 cm³/mol. The molecule has 0 saturated heterocycles. The van der Waals surface area contributed by atoms with Crippen LogP contribution in [0.4, 0.5) is 11.4 Å². The van der Waals surface area contributed by atoms with Crippen LogP contribution in [0.5, 0.6) is 0 Å². The van der Waals surface area contributed by atoms with E-state index < -0.39 is 17.0 Å². The topological polar surface area (TPSA) is 89.7 Å². The van der Waals surface area contributed by atoms with Crippen LogP contribution < -0.4 is 4.90 Å².